The van der Waals surface area contributed by atoms with Crippen molar-refractivity contribution in [1.29, 1.82) is 5.26 Å². The monoisotopic (exact) mass is 280 g/mol. The van der Waals surface area contributed by atoms with Crippen LogP contribution in [-0.4, -0.2) is 4.98 Å². The fourth-order valence-corrected chi connectivity index (χ4v) is 2.82. The molecule has 0 radical (unpaired) electrons. The summed E-state index contributed by atoms with van der Waals surface area (Å²) in [6.45, 7) is 0. The van der Waals surface area contributed by atoms with Crippen LogP contribution in [0.4, 0.5) is 0 Å². The van der Waals surface area contributed by atoms with Crippen LogP contribution in [0.15, 0.2) is 64.7 Å². The molecule has 0 amide bonds. The molecule has 0 saturated heterocycles. The predicted molar refractivity (Wildman–Crippen MR) is 84.0 cm³/mol. The molecule has 100 valence electrons. The number of hydrogen-bond donors (Lipinski definition) is 0. The zero-order chi connectivity index (χ0) is 14.0. The van der Waals surface area contributed by atoms with Crippen molar-refractivity contribution < 1.29 is 0 Å². The Kier molecular flexibility index (Phi) is 5.88. The van der Waals surface area contributed by atoms with E-state index in [-0.39, 0.29) is 0 Å². The molecule has 0 unspecified atom stereocenters. The Labute approximate surface area is 124 Å². The summed E-state index contributed by atoms with van der Waals surface area (Å²) in [5.41, 5.74) is 1.10. The predicted octanol–water partition coefficient (Wildman–Crippen LogP) is 4.91. The lowest BCUT2D eigenvalue weighted by Crippen LogP contribution is -1.82. The molecular formula is C17H16N2S. The molecule has 0 bridgehead atoms. The van der Waals surface area contributed by atoms with Gasteiger partial charge in [0.25, 0.3) is 0 Å². The van der Waals surface area contributed by atoms with Gasteiger partial charge in [0, 0.05) is 23.7 Å². The number of aromatic nitrogens is 1. The zero-order valence-electron chi connectivity index (χ0n) is 11.2. The van der Waals surface area contributed by atoms with Crippen LogP contribution in [0.3, 0.4) is 0 Å². The maximum Gasteiger partial charge on any atom is 0.0621 e. The average molecular weight is 280 g/mol. The number of thioether (sulfide) groups is 1. The highest BCUT2D eigenvalue weighted by atomic mass is 32.2. The van der Waals surface area contributed by atoms with Gasteiger partial charge in [0.05, 0.1) is 6.07 Å². The highest BCUT2D eigenvalue weighted by Gasteiger charge is 2.02. The van der Waals surface area contributed by atoms with Gasteiger partial charge in [0.15, 0.2) is 0 Å². The zero-order valence-corrected chi connectivity index (χ0v) is 12.0. The van der Waals surface area contributed by atoms with Crippen LogP contribution in [-0.2, 0) is 0 Å². The molecule has 0 spiro atoms. The summed E-state index contributed by atoms with van der Waals surface area (Å²) in [6.07, 6.45) is 8.19. The van der Waals surface area contributed by atoms with E-state index in [1.807, 2.05) is 36.5 Å². The van der Waals surface area contributed by atoms with Crippen molar-refractivity contribution in [3.63, 3.8) is 0 Å². The van der Waals surface area contributed by atoms with Crippen LogP contribution >= 0.6 is 11.8 Å². The number of nitrogens with zero attached hydrogens (tertiary/aromatic N) is 2. The molecule has 3 heteroatoms. The molecular weight excluding hydrogens is 264 g/mol. The van der Waals surface area contributed by atoms with Crippen molar-refractivity contribution in [3.8, 4) is 6.07 Å². The van der Waals surface area contributed by atoms with Gasteiger partial charge in [0.2, 0.25) is 0 Å². The molecule has 0 saturated carbocycles. The molecule has 2 rings (SSSR count). The van der Waals surface area contributed by atoms with Crippen LogP contribution < -0.4 is 0 Å². The van der Waals surface area contributed by atoms with Crippen molar-refractivity contribution in [2.24, 2.45) is 0 Å². The standard InChI is InChI=1S/C17H16N2S/c18-11-5-4-10-17(13-15-7-6-12-19-14-15)20-16-8-2-1-3-9-16/h1-3,6-9,12-14H,4-5,10H2/b17-13-. The molecule has 1 aromatic carbocycles. The highest BCUT2D eigenvalue weighted by molar-refractivity contribution is 8.03. The molecule has 20 heavy (non-hydrogen) atoms. The van der Waals surface area contributed by atoms with Crippen LogP contribution in [0.1, 0.15) is 24.8 Å². The lowest BCUT2D eigenvalue weighted by Gasteiger charge is -2.06. The third-order valence-electron chi connectivity index (χ3n) is 2.72. The third kappa shape index (κ3) is 4.91. The van der Waals surface area contributed by atoms with Gasteiger partial charge in [-0.25, -0.2) is 0 Å². The second-order valence-electron chi connectivity index (χ2n) is 4.32. The van der Waals surface area contributed by atoms with Crippen molar-refractivity contribution in [3.05, 3.63) is 65.3 Å². The van der Waals surface area contributed by atoms with Crippen LogP contribution in [0, 0.1) is 11.3 Å². The minimum absolute atomic E-state index is 0.597. The van der Waals surface area contributed by atoms with Gasteiger partial charge in [0.1, 0.15) is 0 Å². The Morgan fingerprint density at radius 2 is 2.05 bits per heavy atom. The lowest BCUT2D eigenvalue weighted by molar-refractivity contribution is 0.871. The van der Waals surface area contributed by atoms with Gasteiger partial charge in [-0.2, -0.15) is 5.26 Å². The first-order valence-corrected chi connectivity index (χ1v) is 7.40. The fourth-order valence-electron chi connectivity index (χ4n) is 1.78. The Morgan fingerprint density at radius 3 is 2.75 bits per heavy atom. The molecule has 0 atom stereocenters. The number of pyridine rings is 1. The van der Waals surface area contributed by atoms with E-state index in [1.54, 1.807) is 18.0 Å². The molecule has 0 N–H and O–H groups in total. The Bertz CT molecular complexity index is 585. The quantitative estimate of drug-likeness (QED) is 0.557. The van der Waals surface area contributed by atoms with Crippen LogP contribution in [0.2, 0.25) is 0 Å². The minimum atomic E-state index is 0.597. The first kappa shape index (κ1) is 14.4. The minimum Gasteiger partial charge on any atom is -0.264 e. The Hall–Kier alpha value is -2.05. The number of unbranched alkanes of at least 4 members (excludes halogenated alkanes) is 1. The van der Waals surface area contributed by atoms with Gasteiger partial charge >= 0.3 is 0 Å². The fraction of sp³-hybridized carbons (Fsp3) is 0.176. The molecule has 1 aromatic heterocycles. The molecule has 0 aliphatic heterocycles. The lowest BCUT2D eigenvalue weighted by atomic mass is 10.2. The summed E-state index contributed by atoms with van der Waals surface area (Å²) in [7, 11) is 0. The molecule has 1 heterocycles. The first-order valence-electron chi connectivity index (χ1n) is 6.59. The normalized spacial score (nSPS) is 11.1. The Morgan fingerprint density at radius 1 is 1.20 bits per heavy atom. The average Bonchev–Trinajstić information content (AvgIpc) is 2.49. The van der Waals surface area contributed by atoms with Crippen molar-refractivity contribution >= 4 is 17.8 Å². The van der Waals surface area contributed by atoms with Gasteiger partial charge in [-0.05, 0) is 47.6 Å². The van der Waals surface area contributed by atoms with Gasteiger partial charge < -0.3 is 0 Å². The molecule has 0 aliphatic rings. The second-order valence-corrected chi connectivity index (χ2v) is 5.52. The largest absolute Gasteiger partial charge is 0.264 e. The molecule has 2 aromatic rings. The summed E-state index contributed by atoms with van der Waals surface area (Å²) in [4.78, 5) is 6.62. The maximum absolute atomic E-state index is 8.67. The van der Waals surface area contributed by atoms with Crippen molar-refractivity contribution in [2.45, 2.75) is 24.2 Å². The van der Waals surface area contributed by atoms with E-state index in [1.165, 1.54) is 9.80 Å². The van der Waals surface area contributed by atoms with E-state index in [0.717, 1.165) is 18.4 Å². The van der Waals surface area contributed by atoms with Crippen molar-refractivity contribution in [2.75, 3.05) is 0 Å². The summed E-state index contributed by atoms with van der Waals surface area (Å²) >= 11 is 1.76. The smallest absolute Gasteiger partial charge is 0.0621 e. The molecule has 0 fully saturated rings. The topological polar surface area (TPSA) is 36.7 Å². The number of hydrogen-bond acceptors (Lipinski definition) is 3. The maximum atomic E-state index is 8.67. The number of rotatable bonds is 6. The van der Waals surface area contributed by atoms with Crippen LogP contribution in [0.5, 0.6) is 0 Å². The summed E-state index contributed by atoms with van der Waals surface area (Å²) < 4.78 is 0. The van der Waals surface area contributed by atoms with E-state index in [2.05, 4.69) is 29.3 Å². The van der Waals surface area contributed by atoms with Crippen molar-refractivity contribution in [1.82, 2.24) is 4.98 Å². The van der Waals surface area contributed by atoms with E-state index in [9.17, 15) is 0 Å². The van der Waals surface area contributed by atoms with Crippen LogP contribution in [0.25, 0.3) is 6.08 Å². The van der Waals surface area contributed by atoms with Gasteiger partial charge in [-0.1, -0.05) is 36.0 Å². The number of nitriles is 1. The van der Waals surface area contributed by atoms with E-state index in [4.69, 9.17) is 5.26 Å². The summed E-state index contributed by atoms with van der Waals surface area (Å²) in [5, 5.41) is 8.67. The summed E-state index contributed by atoms with van der Waals surface area (Å²) in [6, 6.07) is 16.5. The Balaban J connectivity index is 2.12. The molecule has 0 aliphatic carbocycles. The highest BCUT2D eigenvalue weighted by Crippen LogP contribution is 2.31. The molecule has 2 nitrogen and oxygen atoms in total. The SMILES string of the molecule is N#CCCC/C(=C/c1cccnc1)Sc1ccccc1. The van der Waals surface area contributed by atoms with E-state index < -0.39 is 0 Å². The first-order chi connectivity index (χ1) is 9.88. The summed E-state index contributed by atoms with van der Waals surface area (Å²) in [5.74, 6) is 0. The second kappa shape index (κ2) is 8.19. The van der Waals surface area contributed by atoms with E-state index >= 15 is 0 Å². The van der Waals surface area contributed by atoms with E-state index in [0.29, 0.717) is 6.42 Å². The van der Waals surface area contributed by atoms with Gasteiger partial charge in [-0.15, -0.1) is 0 Å². The third-order valence-corrected chi connectivity index (χ3v) is 3.81. The van der Waals surface area contributed by atoms with Gasteiger partial charge in [-0.3, -0.25) is 4.98 Å². The number of allylic oxidation sites excluding steroid dienone is 1. The number of benzene rings is 1.